The van der Waals surface area contributed by atoms with Crippen molar-refractivity contribution in [1.82, 2.24) is 4.90 Å². The fourth-order valence-electron chi connectivity index (χ4n) is 2.72. The molecule has 1 heterocycles. The van der Waals surface area contributed by atoms with Crippen molar-refractivity contribution in [3.8, 4) is 5.75 Å². The number of rotatable bonds is 6. The number of anilines is 1. The molecule has 0 fully saturated rings. The molecular formula is C19H15N2O6-. The van der Waals surface area contributed by atoms with Crippen molar-refractivity contribution in [2.75, 3.05) is 19.0 Å². The maximum Gasteiger partial charge on any atom is 0.261 e. The molecule has 3 amide bonds. The average Bonchev–Trinajstić information content (AvgIpc) is 2.90. The van der Waals surface area contributed by atoms with Crippen LogP contribution in [0.15, 0.2) is 42.5 Å². The number of carboxylic acids is 1. The van der Waals surface area contributed by atoms with Crippen molar-refractivity contribution in [2.45, 2.75) is 6.42 Å². The molecular weight excluding hydrogens is 352 g/mol. The Labute approximate surface area is 154 Å². The van der Waals surface area contributed by atoms with Gasteiger partial charge < -0.3 is 20.0 Å². The van der Waals surface area contributed by atoms with Crippen molar-refractivity contribution in [3.05, 3.63) is 59.2 Å². The van der Waals surface area contributed by atoms with Crippen molar-refractivity contribution >= 4 is 29.4 Å². The van der Waals surface area contributed by atoms with Gasteiger partial charge in [-0.2, -0.15) is 0 Å². The van der Waals surface area contributed by atoms with Crippen LogP contribution in [-0.2, 0) is 4.79 Å². The molecule has 27 heavy (non-hydrogen) atoms. The van der Waals surface area contributed by atoms with Crippen molar-refractivity contribution in [3.63, 3.8) is 0 Å². The number of aliphatic carboxylic acids is 1. The quantitative estimate of drug-likeness (QED) is 0.751. The molecule has 0 bridgehead atoms. The first-order valence-corrected chi connectivity index (χ1v) is 8.06. The van der Waals surface area contributed by atoms with Gasteiger partial charge in [0.2, 0.25) is 0 Å². The van der Waals surface area contributed by atoms with Crippen LogP contribution < -0.4 is 15.2 Å². The second-order valence-corrected chi connectivity index (χ2v) is 5.83. The van der Waals surface area contributed by atoms with Crippen molar-refractivity contribution < 1.29 is 29.0 Å². The number of imide groups is 1. The molecule has 1 aliphatic heterocycles. The van der Waals surface area contributed by atoms with Gasteiger partial charge in [0.15, 0.2) is 0 Å². The molecule has 8 nitrogen and oxygen atoms in total. The molecule has 0 saturated heterocycles. The van der Waals surface area contributed by atoms with E-state index in [0.717, 1.165) is 4.90 Å². The monoisotopic (exact) mass is 367 g/mol. The van der Waals surface area contributed by atoms with Gasteiger partial charge in [0.05, 0.1) is 18.2 Å². The molecule has 0 atom stereocenters. The zero-order valence-electron chi connectivity index (χ0n) is 14.4. The Hall–Kier alpha value is -3.68. The van der Waals surface area contributed by atoms with Crippen LogP contribution in [0.1, 0.15) is 37.5 Å². The SMILES string of the molecule is COc1ccc(C(=O)Nc2ccc3c(c2)C(=O)N(CCC(=O)[O-])C3=O)cc1. The molecule has 1 aliphatic rings. The fraction of sp³-hybridized carbons (Fsp3) is 0.158. The summed E-state index contributed by atoms with van der Waals surface area (Å²) in [6, 6.07) is 10.8. The van der Waals surface area contributed by atoms with Gasteiger partial charge in [-0.15, -0.1) is 0 Å². The lowest BCUT2D eigenvalue weighted by Crippen LogP contribution is -2.34. The van der Waals surface area contributed by atoms with E-state index in [2.05, 4.69) is 5.32 Å². The van der Waals surface area contributed by atoms with Crippen LogP contribution in [0.3, 0.4) is 0 Å². The molecule has 0 spiro atoms. The Morgan fingerprint density at radius 1 is 1.04 bits per heavy atom. The molecule has 2 aromatic carbocycles. The fourth-order valence-corrected chi connectivity index (χ4v) is 2.72. The van der Waals surface area contributed by atoms with E-state index in [-0.39, 0.29) is 23.6 Å². The number of carbonyl (C=O) groups is 4. The Morgan fingerprint density at radius 2 is 1.70 bits per heavy atom. The lowest BCUT2D eigenvalue weighted by Gasteiger charge is -2.13. The highest BCUT2D eigenvalue weighted by molar-refractivity contribution is 6.22. The normalized spacial score (nSPS) is 12.7. The number of hydrogen-bond acceptors (Lipinski definition) is 6. The number of methoxy groups -OCH3 is 1. The van der Waals surface area contributed by atoms with Gasteiger partial charge in [-0.1, -0.05) is 0 Å². The molecule has 0 radical (unpaired) electrons. The molecule has 138 valence electrons. The first-order valence-electron chi connectivity index (χ1n) is 8.06. The van der Waals surface area contributed by atoms with Gasteiger partial charge in [-0.25, -0.2) is 0 Å². The molecule has 8 heteroatoms. The van der Waals surface area contributed by atoms with Crippen LogP contribution in [0.25, 0.3) is 0 Å². The Bertz CT molecular complexity index is 936. The number of amides is 3. The number of carboxylic acid groups (broad SMARTS) is 1. The Morgan fingerprint density at radius 3 is 2.33 bits per heavy atom. The topological polar surface area (TPSA) is 116 Å². The highest BCUT2D eigenvalue weighted by Gasteiger charge is 2.35. The largest absolute Gasteiger partial charge is 0.550 e. The first-order chi connectivity index (χ1) is 12.9. The zero-order chi connectivity index (χ0) is 19.6. The zero-order valence-corrected chi connectivity index (χ0v) is 14.4. The molecule has 3 rings (SSSR count). The number of carbonyl (C=O) groups excluding carboxylic acids is 4. The van der Waals surface area contributed by atoms with E-state index in [1.54, 1.807) is 24.3 Å². The third-order valence-corrected chi connectivity index (χ3v) is 4.12. The number of fused-ring (bicyclic) bond motifs is 1. The van der Waals surface area contributed by atoms with E-state index >= 15 is 0 Å². The summed E-state index contributed by atoms with van der Waals surface area (Å²) in [5.41, 5.74) is 1.03. The third-order valence-electron chi connectivity index (χ3n) is 4.12. The van der Waals surface area contributed by atoms with Crippen LogP contribution in [0.2, 0.25) is 0 Å². The smallest absolute Gasteiger partial charge is 0.261 e. The van der Waals surface area contributed by atoms with Gasteiger partial charge in [0.1, 0.15) is 5.75 Å². The highest BCUT2D eigenvalue weighted by atomic mass is 16.5. The van der Waals surface area contributed by atoms with Gasteiger partial charge >= 0.3 is 0 Å². The summed E-state index contributed by atoms with van der Waals surface area (Å²) in [7, 11) is 1.52. The van der Waals surface area contributed by atoms with Gasteiger partial charge in [0, 0.05) is 30.2 Å². The lowest BCUT2D eigenvalue weighted by molar-refractivity contribution is -0.305. The third kappa shape index (κ3) is 3.64. The summed E-state index contributed by atoms with van der Waals surface area (Å²) in [6.45, 7) is -0.262. The average molecular weight is 367 g/mol. The van der Waals surface area contributed by atoms with E-state index in [1.165, 1.54) is 25.3 Å². The van der Waals surface area contributed by atoms with Crippen LogP contribution in [0, 0.1) is 0 Å². The second-order valence-electron chi connectivity index (χ2n) is 5.83. The minimum absolute atomic E-state index is 0.117. The maximum absolute atomic E-state index is 12.4. The van der Waals surface area contributed by atoms with E-state index in [1.807, 2.05) is 0 Å². The number of ether oxygens (including phenoxy) is 1. The lowest BCUT2D eigenvalue weighted by atomic mass is 10.1. The molecule has 1 N–H and O–H groups in total. The highest BCUT2D eigenvalue weighted by Crippen LogP contribution is 2.26. The summed E-state index contributed by atoms with van der Waals surface area (Å²) in [4.78, 5) is 48.3. The summed E-state index contributed by atoms with van der Waals surface area (Å²) >= 11 is 0. The summed E-state index contributed by atoms with van der Waals surface area (Å²) in [5.74, 6) is -2.28. The number of nitrogens with one attached hydrogen (secondary N) is 1. The summed E-state index contributed by atoms with van der Waals surface area (Å²) in [6.07, 6.45) is -0.438. The van der Waals surface area contributed by atoms with Gasteiger partial charge in [-0.3, -0.25) is 19.3 Å². The molecule has 0 saturated carbocycles. The van der Waals surface area contributed by atoms with Gasteiger partial charge in [0.25, 0.3) is 17.7 Å². The molecule has 0 aromatic heterocycles. The molecule has 2 aromatic rings. The van der Waals surface area contributed by atoms with E-state index in [0.29, 0.717) is 17.0 Å². The van der Waals surface area contributed by atoms with Crippen molar-refractivity contribution in [2.24, 2.45) is 0 Å². The first kappa shape index (κ1) is 18.1. The van der Waals surface area contributed by atoms with E-state index in [9.17, 15) is 24.3 Å². The summed E-state index contributed by atoms with van der Waals surface area (Å²) in [5, 5.41) is 13.2. The van der Waals surface area contributed by atoms with Crippen LogP contribution in [0.4, 0.5) is 5.69 Å². The number of nitrogens with zero attached hydrogens (tertiary/aromatic N) is 1. The number of hydrogen-bond donors (Lipinski definition) is 1. The van der Waals surface area contributed by atoms with E-state index in [4.69, 9.17) is 4.74 Å². The van der Waals surface area contributed by atoms with Crippen LogP contribution >= 0.6 is 0 Å². The van der Waals surface area contributed by atoms with Crippen molar-refractivity contribution in [1.29, 1.82) is 0 Å². The van der Waals surface area contributed by atoms with Crippen LogP contribution in [-0.4, -0.2) is 42.2 Å². The molecule has 0 aliphatic carbocycles. The standard InChI is InChI=1S/C19H16N2O6/c1-27-13-5-2-11(3-6-13)17(24)20-12-4-7-14-15(10-12)19(26)21(18(14)25)9-8-16(22)23/h2-7,10H,8-9H2,1H3,(H,20,24)(H,22,23)/p-1. The Balaban J connectivity index is 1.77. The second kappa shape index (κ2) is 7.28. The molecule has 0 unspecified atom stereocenters. The maximum atomic E-state index is 12.4. The minimum atomic E-state index is -1.35. The van der Waals surface area contributed by atoms with Gasteiger partial charge in [-0.05, 0) is 42.5 Å². The van der Waals surface area contributed by atoms with E-state index < -0.39 is 24.2 Å². The minimum Gasteiger partial charge on any atom is -0.550 e. The van der Waals surface area contributed by atoms with Crippen LogP contribution in [0.5, 0.6) is 5.75 Å². The predicted octanol–water partition coefficient (Wildman–Crippen LogP) is 0.683. The predicted molar refractivity (Wildman–Crippen MR) is 92.4 cm³/mol. The Kier molecular flexibility index (Phi) is 4.89. The summed E-state index contributed by atoms with van der Waals surface area (Å²) < 4.78 is 5.04. The number of benzene rings is 2.